The lowest BCUT2D eigenvalue weighted by Crippen LogP contribution is -2.12. The Kier molecular flexibility index (Phi) is 3.97. The van der Waals surface area contributed by atoms with Crippen LogP contribution in [0, 0.1) is 0 Å². The standard InChI is InChI=1S/C13H16BrN3/c1-15-8-7-12-13(16-9-17(12)2)10-5-3-4-6-11(10)14/h3-6,9,15H,7-8H2,1-2H3. The summed E-state index contributed by atoms with van der Waals surface area (Å²) in [5.41, 5.74) is 3.47. The molecule has 0 spiro atoms. The van der Waals surface area contributed by atoms with Gasteiger partial charge in [-0.25, -0.2) is 4.98 Å². The van der Waals surface area contributed by atoms with Crippen LogP contribution in [-0.4, -0.2) is 23.1 Å². The van der Waals surface area contributed by atoms with E-state index in [4.69, 9.17) is 0 Å². The number of benzene rings is 1. The Balaban J connectivity index is 2.42. The summed E-state index contributed by atoms with van der Waals surface area (Å²) < 4.78 is 3.18. The molecule has 17 heavy (non-hydrogen) atoms. The normalized spacial score (nSPS) is 10.8. The van der Waals surface area contributed by atoms with Crippen molar-refractivity contribution < 1.29 is 0 Å². The fourth-order valence-electron chi connectivity index (χ4n) is 1.87. The van der Waals surface area contributed by atoms with Gasteiger partial charge in [-0.1, -0.05) is 34.1 Å². The number of aromatic nitrogens is 2. The maximum Gasteiger partial charge on any atom is 0.0953 e. The maximum atomic E-state index is 4.50. The first-order valence-corrected chi connectivity index (χ1v) is 6.43. The number of halogens is 1. The molecule has 0 atom stereocenters. The molecular formula is C13H16BrN3. The topological polar surface area (TPSA) is 29.9 Å². The molecule has 2 rings (SSSR count). The van der Waals surface area contributed by atoms with Crippen molar-refractivity contribution in [3.05, 3.63) is 40.8 Å². The summed E-state index contributed by atoms with van der Waals surface area (Å²) in [6.07, 6.45) is 2.85. The van der Waals surface area contributed by atoms with Crippen molar-refractivity contribution in [3.63, 3.8) is 0 Å². The summed E-state index contributed by atoms with van der Waals surface area (Å²) in [6.45, 7) is 0.955. The van der Waals surface area contributed by atoms with E-state index in [1.165, 1.54) is 5.69 Å². The van der Waals surface area contributed by atoms with Crippen LogP contribution >= 0.6 is 15.9 Å². The van der Waals surface area contributed by atoms with Crippen molar-refractivity contribution in [2.24, 2.45) is 7.05 Å². The molecule has 1 aromatic heterocycles. The highest BCUT2D eigenvalue weighted by Gasteiger charge is 2.12. The lowest BCUT2D eigenvalue weighted by molar-refractivity contribution is 0.738. The smallest absolute Gasteiger partial charge is 0.0953 e. The number of imidazole rings is 1. The van der Waals surface area contributed by atoms with E-state index in [0.717, 1.165) is 28.7 Å². The van der Waals surface area contributed by atoms with E-state index in [0.29, 0.717) is 0 Å². The molecule has 0 saturated carbocycles. The van der Waals surface area contributed by atoms with E-state index in [1.54, 1.807) is 0 Å². The second kappa shape index (κ2) is 5.47. The number of nitrogens with one attached hydrogen (secondary N) is 1. The Morgan fingerprint density at radius 1 is 1.35 bits per heavy atom. The third-order valence-corrected chi connectivity index (χ3v) is 3.49. The zero-order chi connectivity index (χ0) is 12.3. The Hall–Kier alpha value is -1.13. The summed E-state index contributed by atoms with van der Waals surface area (Å²) in [7, 11) is 4.01. The van der Waals surface area contributed by atoms with Crippen molar-refractivity contribution in [2.75, 3.05) is 13.6 Å². The van der Waals surface area contributed by atoms with Crippen LogP contribution in [0.2, 0.25) is 0 Å². The second-order valence-electron chi connectivity index (χ2n) is 3.98. The third-order valence-electron chi connectivity index (χ3n) is 2.80. The van der Waals surface area contributed by atoms with Gasteiger partial charge >= 0.3 is 0 Å². The maximum absolute atomic E-state index is 4.50. The summed E-state index contributed by atoms with van der Waals surface area (Å²) in [5.74, 6) is 0. The minimum Gasteiger partial charge on any atom is -0.337 e. The summed E-state index contributed by atoms with van der Waals surface area (Å²) in [6, 6.07) is 8.20. The van der Waals surface area contributed by atoms with Crippen LogP contribution in [0.5, 0.6) is 0 Å². The van der Waals surface area contributed by atoms with Crippen LogP contribution < -0.4 is 5.32 Å². The van der Waals surface area contributed by atoms with E-state index in [-0.39, 0.29) is 0 Å². The van der Waals surface area contributed by atoms with Gasteiger partial charge in [-0.15, -0.1) is 0 Å². The molecule has 3 nitrogen and oxygen atoms in total. The quantitative estimate of drug-likeness (QED) is 0.939. The van der Waals surface area contributed by atoms with Crippen molar-refractivity contribution in [1.29, 1.82) is 0 Å². The van der Waals surface area contributed by atoms with Gasteiger partial charge in [0, 0.05) is 35.7 Å². The molecule has 1 aromatic carbocycles. The van der Waals surface area contributed by atoms with Crippen molar-refractivity contribution in [1.82, 2.24) is 14.9 Å². The van der Waals surface area contributed by atoms with E-state index < -0.39 is 0 Å². The zero-order valence-electron chi connectivity index (χ0n) is 10.1. The monoisotopic (exact) mass is 293 g/mol. The Bertz CT molecular complexity index is 505. The molecule has 0 aliphatic carbocycles. The highest BCUT2D eigenvalue weighted by Crippen LogP contribution is 2.29. The number of rotatable bonds is 4. The van der Waals surface area contributed by atoms with Gasteiger partial charge < -0.3 is 9.88 Å². The molecule has 0 fully saturated rings. The molecule has 0 aliphatic heterocycles. The third kappa shape index (κ3) is 2.58. The first-order chi connectivity index (χ1) is 8.24. The lowest BCUT2D eigenvalue weighted by Gasteiger charge is -2.07. The van der Waals surface area contributed by atoms with Gasteiger partial charge in [-0.3, -0.25) is 0 Å². The number of hydrogen-bond acceptors (Lipinski definition) is 2. The van der Waals surface area contributed by atoms with Gasteiger partial charge in [0.2, 0.25) is 0 Å². The van der Waals surface area contributed by atoms with Gasteiger partial charge in [-0.05, 0) is 13.1 Å². The van der Waals surface area contributed by atoms with E-state index in [1.807, 2.05) is 38.6 Å². The molecule has 0 amide bonds. The lowest BCUT2D eigenvalue weighted by atomic mass is 10.1. The SMILES string of the molecule is CNCCc1c(-c2ccccc2Br)ncn1C. The summed E-state index contributed by atoms with van der Waals surface area (Å²) in [5, 5.41) is 3.17. The average Bonchev–Trinajstić information content (AvgIpc) is 2.69. The Labute approximate surface area is 110 Å². The van der Waals surface area contributed by atoms with Gasteiger partial charge in [0.05, 0.1) is 12.0 Å². The van der Waals surface area contributed by atoms with Crippen LogP contribution in [0.4, 0.5) is 0 Å². The number of aryl methyl sites for hydroxylation is 1. The zero-order valence-corrected chi connectivity index (χ0v) is 11.7. The van der Waals surface area contributed by atoms with E-state index >= 15 is 0 Å². The number of hydrogen-bond donors (Lipinski definition) is 1. The van der Waals surface area contributed by atoms with Gasteiger partial charge in [-0.2, -0.15) is 0 Å². The predicted molar refractivity (Wildman–Crippen MR) is 74.0 cm³/mol. The molecule has 1 N–H and O–H groups in total. The van der Waals surface area contributed by atoms with E-state index in [2.05, 4.69) is 36.9 Å². The Morgan fingerprint density at radius 2 is 2.12 bits per heavy atom. The first-order valence-electron chi connectivity index (χ1n) is 5.63. The van der Waals surface area contributed by atoms with Gasteiger partial charge in [0.25, 0.3) is 0 Å². The molecule has 4 heteroatoms. The van der Waals surface area contributed by atoms with Gasteiger partial charge in [0.1, 0.15) is 0 Å². The molecule has 0 bridgehead atoms. The van der Waals surface area contributed by atoms with Crippen LogP contribution in [0.3, 0.4) is 0 Å². The van der Waals surface area contributed by atoms with Crippen molar-refractivity contribution in [3.8, 4) is 11.3 Å². The summed E-state index contributed by atoms with van der Waals surface area (Å²) >= 11 is 3.58. The molecule has 0 saturated heterocycles. The fourth-order valence-corrected chi connectivity index (χ4v) is 2.34. The Morgan fingerprint density at radius 3 is 2.82 bits per heavy atom. The molecule has 0 radical (unpaired) electrons. The second-order valence-corrected chi connectivity index (χ2v) is 4.84. The minimum atomic E-state index is 0.955. The predicted octanol–water partition coefficient (Wildman–Crippen LogP) is 2.61. The van der Waals surface area contributed by atoms with Crippen molar-refractivity contribution >= 4 is 15.9 Å². The van der Waals surface area contributed by atoms with Crippen LogP contribution in [0.25, 0.3) is 11.3 Å². The molecule has 90 valence electrons. The van der Waals surface area contributed by atoms with Crippen LogP contribution in [0.15, 0.2) is 35.1 Å². The van der Waals surface area contributed by atoms with Crippen molar-refractivity contribution in [2.45, 2.75) is 6.42 Å². The number of likely N-dealkylation sites (N-methyl/N-ethyl adjacent to an activating group) is 1. The molecule has 0 aliphatic rings. The first kappa shape index (κ1) is 12.3. The van der Waals surface area contributed by atoms with Gasteiger partial charge in [0.15, 0.2) is 0 Å². The van der Waals surface area contributed by atoms with Crippen LogP contribution in [0.1, 0.15) is 5.69 Å². The fraction of sp³-hybridized carbons (Fsp3) is 0.308. The van der Waals surface area contributed by atoms with Crippen LogP contribution in [-0.2, 0) is 13.5 Å². The molecular weight excluding hydrogens is 278 g/mol. The molecule has 1 heterocycles. The average molecular weight is 294 g/mol. The minimum absolute atomic E-state index is 0.955. The molecule has 2 aromatic rings. The number of nitrogens with zero attached hydrogens (tertiary/aromatic N) is 2. The highest BCUT2D eigenvalue weighted by atomic mass is 79.9. The van der Waals surface area contributed by atoms with E-state index in [9.17, 15) is 0 Å². The molecule has 0 unspecified atom stereocenters. The highest BCUT2D eigenvalue weighted by molar-refractivity contribution is 9.10. The summed E-state index contributed by atoms with van der Waals surface area (Å²) in [4.78, 5) is 4.50. The largest absolute Gasteiger partial charge is 0.337 e.